The number of carbonyl (C=O) groups is 1. The highest BCUT2D eigenvalue weighted by Crippen LogP contribution is 2.26. The summed E-state index contributed by atoms with van der Waals surface area (Å²) < 4.78 is 1.41. The average Bonchev–Trinajstić information content (AvgIpc) is 2.70. The quantitative estimate of drug-likeness (QED) is 0.697. The minimum atomic E-state index is -1.11. The molecule has 1 aromatic carbocycles. The maximum Gasteiger partial charge on any atom is 0.328 e. The second-order valence-corrected chi connectivity index (χ2v) is 5.94. The minimum absolute atomic E-state index is 0.313. The topological polar surface area (TPSA) is 71.3 Å². The Morgan fingerprint density at radius 1 is 1.20 bits per heavy atom. The molecule has 5 nitrogen and oxygen atoms in total. The van der Waals surface area contributed by atoms with Gasteiger partial charge in [-0.05, 0) is 42.8 Å². The van der Waals surface area contributed by atoms with Crippen molar-refractivity contribution in [2.45, 2.75) is 6.92 Å². The third kappa shape index (κ3) is 3.41. The summed E-state index contributed by atoms with van der Waals surface area (Å²) >= 11 is 5.98. The smallest absolute Gasteiger partial charge is 0.328 e. The van der Waals surface area contributed by atoms with Crippen molar-refractivity contribution in [3.8, 4) is 11.3 Å². The van der Waals surface area contributed by atoms with Crippen LogP contribution in [0.25, 0.3) is 17.3 Å². The summed E-state index contributed by atoms with van der Waals surface area (Å²) in [5.74, 6) is -1.11. The molecule has 0 saturated carbocycles. The van der Waals surface area contributed by atoms with Crippen LogP contribution >= 0.6 is 11.6 Å². The lowest BCUT2D eigenvalue weighted by Crippen LogP contribution is -2.23. The number of carboxylic acids is 1. The Bertz CT molecular complexity index is 1010. The van der Waals surface area contributed by atoms with Crippen molar-refractivity contribution in [3.63, 3.8) is 0 Å². The molecular formula is C19H15ClN2O3. The van der Waals surface area contributed by atoms with Crippen LogP contribution in [0.4, 0.5) is 5.69 Å². The van der Waals surface area contributed by atoms with Gasteiger partial charge in [-0.15, -0.1) is 0 Å². The van der Waals surface area contributed by atoms with Crippen LogP contribution in [0.3, 0.4) is 0 Å². The summed E-state index contributed by atoms with van der Waals surface area (Å²) in [6.07, 6.45) is 2.28. The number of halogens is 1. The molecule has 0 atom stereocenters. The molecule has 1 heterocycles. The molecule has 1 aliphatic heterocycles. The first kappa shape index (κ1) is 16.8. The van der Waals surface area contributed by atoms with Crippen LogP contribution in [0.1, 0.15) is 11.1 Å². The highest BCUT2D eigenvalue weighted by atomic mass is 35.5. The molecule has 2 N–H and O–H groups in total. The largest absolute Gasteiger partial charge is 0.478 e. The molecule has 0 saturated heterocycles. The monoisotopic (exact) mass is 354 g/mol. The summed E-state index contributed by atoms with van der Waals surface area (Å²) in [6.45, 7) is 1.88. The van der Waals surface area contributed by atoms with Crippen molar-refractivity contribution in [2.24, 2.45) is 0 Å². The Morgan fingerprint density at radius 2 is 1.96 bits per heavy atom. The zero-order chi connectivity index (χ0) is 18.0. The lowest BCUT2D eigenvalue weighted by molar-refractivity contribution is -0.131. The fourth-order valence-corrected chi connectivity index (χ4v) is 2.83. The van der Waals surface area contributed by atoms with Crippen molar-refractivity contribution in [3.05, 3.63) is 81.1 Å². The molecule has 0 spiro atoms. The fraction of sp³-hybridized carbons (Fsp3) is 0.0526. The van der Waals surface area contributed by atoms with Gasteiger partial charge >= 0.3 is 5.97 Å². The van der Waals surface area contributed by atoms with Gasteiger partial charge in [0.15, 0.2) is 0 Å². The van der Waals surface area contributed by atoms with E-state index < -0.39 is 5.97 Å². The molecule has 6 heteroatoms. The zero-order valence-corrected chi connectivity index (χ0v) is 14.1. The van der Waals surface area contributed by atoms with Crippen molar-refractivity contribution in [1.82, 2.24) is 4.68 Å². The van der Waals surface area contributed by atoms with E-state index in [1.807, 2.05) is 19.1 Å². The Kier molecular flexibility index (Phi) is 4.59. The second-order valence-electron chi connectivity index (χ2n) is 5.51. The minimum Gasteiger partial charge on any atom is -0.478 e. The molecule has 0 unspecified atom stereocenters. The average molecular weight is 355 g/mol. The SMILES string of the molecule is Cc1cc(Cl)ccc1Nn1c2cccccc-2c(/C=C/C(=O)O)c1=O. The van der Waals surface area contributed by atoms with E-state index >= 15 is 0 Å². The number of fused-ring (bicyclic) bond motifs is 1. The number of rotatable bonds is 4. The summed E-state index contributed by atoms with van der Waals surface area (Å²) in [6, 6.07) is 14.4. The maximum absolute atomic E-state index is 12.8. The zero-order valence-electron chi connectivity index (χ0n) is 13.4. The maximum atomic E-state index is 12.8. The Morgan fingerprint density at radius 3 is 2.68 bits per heavy atom. The number of aliphatic carboxylic acids is 1. The van der Waals surface area contributed by atoms with Gasteiger partial charge in [-0.1, -0.05) is 35.9 Å². The van der Waals surface area contributed by atoms with Crippen molar-refractivity contribution < 1.29 is 9.90 Å². The highest BCUT2D eigenvalue weighted by molar-refractivity contribution is 6.30. The first-order valence-corrected chi connectivity index (χ1v) is 7.93. The van der Waals surface area contributed by atoms with E-state index in [2.05, 4.69) is 5.43 Å². The van der Waals surface area contributed by atoms with Gasteiger partial charge in [0, 0.05) is 16.7 Å². The highest BCUT2D eigenvalue weighted by Gasteiger charge is 2.18. The molecular weight excluding hydrogens is 340 g/mol. The summed E-state index contributed by atoms with van der Waals surface area (Å²) in [7, 11) is 0. The van der Waals surface area contributed by atoms with E-state index in [1.54, 1.807) is 36.4 Å². The Hall–Kier alpha value is -3.05. The first-order chi connectivity index (χ1) is 12.0. The van der Waals surface area contributed by atoms with Crippen LogP contribution in [0, 0.1) is 6.92 Å². The molecule has 2 aliphatic rings. The summed E-state index contributed by atoms with van der Waals surface area (Å²) in [5, 5.41) is 9.48. The Labute approximate surface area is 149 Å². The van der Waals surface area contributed by atoms with Crippen LogP contribution in [0.5, 0.6) is 0 Å². The van der Waals surface area contributed by atoms with Gasteiger partial charge in [-0.2, -0.15) is 0 Å². The number of hydrogen-bond acceptors (Lipinski definition) is 3. The normalized spacial score (nSPS) is 11.1. The van der Waals surface area contributed by atoms with Crippen molar-refractivity contribution in [1.29, 1.82) is 0 Å². The van der Waals surface area contributed by atoms with Crippen LogP contribution in [0.15, 0.2) is 59.4 Å². The predicted octanol–water partition coefficient (Wildman–Crippen LogP) is 3.89. The van der Waals surface area contributed by atoms with Crippen molar-refractivity contribution in [2.75, 3.05) is 5.43 Å². The van der Waals surface area contributed by atoms with E-state index in [1.165, 1.54) is 10.8 Å². The van der Waals surface area contributed by atoms with Gasteiger partial charge in [0.1, 0.15) is 0 Å². The van der Waals surface area contributed by atoms with E-state index in [4.69, 9.17) is 16.7 Å². The number of aryl methyl sites for hydroxylation is 1. The lowest BCUT2D eigenvalue weighted by Gasteiger charge is -2.12. The molecule has 0 fully saturated rings. The molecule has 0 radical (unpaired) electrons. The number of carboxylic acid groups (broad SMARTS) is 1. The number of aromatic nitrogens is 1. The number of hydrogen-bond donors (Lipinski definition) is 2. The third-order valence-electron chi connectivity index (χ3n) is 3.79. The van der Waals surface area contributed by atoms with Crippen molar-refractivity contribution >= 4 is 29.3 Å². The van der Waals surface area contributed by atoms with Gasteiger partial charge in [0.2, 0.25) is 0 Å². The predicted molar refractivity (Wildman–Crippen MR) is 99.2 cm³/mol. The van der Waals surface area contributed by atoms with E-state index in [0.717, 1.165) is 17.3 Å². The molecule has 1 aromatic rings. The lowest BCUT2D eigenvalue weighted by atomic mass is 10.1. The first-order valence-electron chi connectivity index (χ1n) is 7.55. The second kappa shape index (κ2) is 6.83. The van der Waals surface area contributed by atoms with Gasteiger partial charge in [-0.25, -0.2) is 9.47 Å². The summed E-state index contributed by atoms with van der Waals surface area (Å²) in [5.41, 5.74) is 6.01. The molecule has 25 heavy (non-hydrogen) atoms. The molecule has 0 bridgehead atoms. The number of nitrogens with zero attached hydrogens (tertiary/aromatic N) is 1. The van der Waals surface area contributed by atoms with Gasteiger partial charge in [-0.3, -0.25) is 10.2 Å². The standard InChI is InChI=1S/C19H15ClN2O3/c1-12-11-13(20)7-9-16(12)21-22-17-6-4-2-3-5-14(17)15(19(22)25)8-10-18(23)24/h2-11,21H,1H3,(H,23,24)/b10-8+. The fourth-order valence-electron chi connectivity index (χ4n) is 2.61. The third-order valence-corrected chi connectivity index (χ3v) is 4.03. The molecule has 0 amide bonds. The van der Waals surface area contributed by atoms with Gasteiger partial charge in [0.05, 0.1) is 16.9 Å². The molecule has 3 rings (SSSR count). The van der Waals surface area contributed by atoms with Gasteiger partial charge in [0.25, 0.3) is 5.56 Å². The van der Waals surface area contributed by atoms with Gasteiger partial charge < -0.3 is 5.11 Å². The molecule has 0 aromatic heterocycles. The summed E-state index contributed by atoms with van der Waals surface area (Å²) in [4.78, 5) is 23.6. The molecule has 1 aliphatic carbocycles. The Balaban J connectivity index is 2.17. The van der Waals surface area contributed by atoms with Crippen LogP contribution in [-0.2, 0) is 4.79 Å². The van der Waals surface area contributed by atoms with Crippen LogP contribution in [0.2, 0.25) is 5.02 Å². The number of benzene rings is 1. The van der Waals surface area contributed by atoms with E-state index in [9.17, 15) is 9.59 Å². The number of nitrogens with one attached hydrogen (secondary N) is 1. The van der Waals surface area contributed by atoms with E-state index in [0.29, 0.717) is 21.8 Å². The van der Waals surface area contributed by atoms with Crippen LogP contribution < -0.4 is 11.0 Å². The molecule has 126 valence electrons. The number of anilines is 1. The van der Waals surface area contributed by atoms with E-state index in [-0.39, 0.29) is 5.56 Å². The van der Waals surface area contributed by atoms with Crippen LogP contribution in [-0.4, -0.2) is 15.8 Å².